The molecular formula is C17H17BrN2O4. The van der Waals surface area contributed by atoms with Gasteiger partial charge in [0.2, 0.25) is 0 Å². The standard InChI is InChI=1S/C17H17BrN2O4/c1-23-15-8-12(5-6-14(15)24-10-16(19)21)17(22)20-9-11-3-2-4-13(18)7-11/h2-8H,9-10H2,1H3,(H2,19,21)(H,20,22). The van der Waals surface area contributed by atoms with Crippen molar-refractivity contribution in [1.29, 1.82) is 0 Å². The Hall–Kier alpha value is -2.54. The van der Waals surface area contributed by atoms with Crippen LogP contribution in [0.5, 0.6) is 11.5 Å². The summed E-state index contributed by atoms with van der Waals surface area (Å²) in [6, 6.07) is 12.4. The van der Waals surface area contributed by atoms with Gasteiger partial charge in [-0.3, -0.25) is 9.59 Å². The first kappa shape index (κ1) is 17.8. The van der Waals surface area contributed by atoms with E-state index in [1.165, 1.54) is 7.11 Å². The van der Waals surface area contributed by atoms with Crippen LogP contribution < -0.4 is 20.5 Å². The molecule has 0 spiro atoms. The molecule has 0 aliphatic heterocycles. The maximum atomic E-state index is 12.3. The van der Waals surface area contributed by atoms with Crippen LogP contribution >= 0.6 is 15.9 Å². The molecule has 0 saturated heterocycles. The maximum Gasteiger partial charge on any atom is 0.255 e. The topological polar surface area (TPSA) is 90.7 Å². The van der Waals surface area contributed by atoms with Crippen molar-refractivity contribution in [2.45, 2.75) is 6.54 Å². The van der Waals surface area contributed by atoms with E-state index in [-0.39, 0.29) is 12.5 Å². The van der Waals surface area contributed by atoms with Crippen LogP contribution in [0.1, 0.15) is 15.9 Å². The molecule has 0 aliphatic carbocycles. The highest BCUT2D eigenvalue weighted by atomic mass is 79.9. The van der Waals surface area contributed by atoms with Crippen LogP contribution in [0.3, 0.4) is 0 Å². The molecule has 0 unspecified atom stereocenters. The highest BCUT2D eigenvalue weighted by molar-refractivity contribution is 9.10. The van der Waals surface area contributed by atoms with Gasteiger partial charge in [0.1, 0.15) is 0 Å². The largest absolute Gasteiger partial charge is 0.493 e. The molecule has 0 atom stereocenters. The van der Waals surface area contributed by atoms with Crippen LogP contribution in [-0.4, -0.2) is 25.5 Å². The van der Waals surface area contributed by atoms with E-state index in [2.05, 4.69) is 21.2 Å². The highest BCUT2D eigenvalue weighted by Gasteiger charge is 2.12. The number of methoxy groups -OCH3 is 1. The van der Waals surface area contributed by atoms with E-state index in [0.717, 1.165) is 10.0 Å². The first-order chi connectivity index (χ1) is 11.5. The zero-order valence-electron chi connectivity index (χ0n) is 13.0. The van der Waals surface area contributed by atoms with Crippen molar-refractivity contribution in [3.63, 3.8) is 0 Å². The molecule has 2 amide bonds. The number of primary amides is 1. The summed E-state index contributed by atoms with van der Waals surface area (Å²) >= 11 is 3.39. The zero-order chi connectivity index (χ0) is 17.5. The molecule has 2 aromatic rings. The molecule has 0 radical (unpaired) electrons. The molecule has 0 aromatic heterocycles. The number of nitrogens with two attached hydrogens (primary N) is 1. The van der Waals surface area contributed by atoms with Gasteiger partial charge >= 0.3 is 0 Å². The monoisotopic (exact) mass is 392 g/mol. The number of nitrogens with one attached hydrogen (secondary N) is 1. The number of rotatable bonds is 7. The van der Waals surface area contributed by atoms with Gasteiger partial charge in [-0.15, -0.1) is 0 Å². The number of carbonyl (C=O) groups is 2. The Bertz CT molecular complexity index is 749. The van der Waals surface area contributed by atoms with Crippen molar-refractivity contribution in [1.82, 2.24) is 5.32 Å². The van der Waals surface area contributed by atoms with Crippen LogP contribution in [0, 0.1) is 0 Å². The van der Waals surface area contributed by atoms with E-state index in [0.29, 0.717) is 23.6 Å². The van der Waals surface area contributed by atoms with E-state index in [9.17, 15) is 9.59 Å². The summed E-state index contributed by atoms with van der Waals surface area (Å²) < 4.78 is 11.4. The van der Waals surface area contributed by atoms with Crippen LogP contribution in [0.4, 0.5) is 0 Å². The van der Waals surface area contributed by atoms with Gasteiger partial charge in [-0.2, -0.15) is 0 Å². The van der Waals surface area contributed by atoms with Gasteiger partial charge in [-0.05, 0) is 35.9 Å². The normalized spacial score (nSPS) is 10.1. The first-order valence-electron chi connectivity index (χ1n) is 7.11. The van der Waals surface area contributed by atoms with Crippen molar-refractivity contribution in [2.75, 3.05) is 13.7 Å². The molecule has 0 heterocycles. The van der Waals surface area contributed by atoms with E-state index >= 15 is 0 Å². The van der Waals surface area contributed by atoms with Crippen molar-refractivity contribution in [2.24, 2.45) is 5.73 Å². The predicted molar refractivity (Wildman–Crippen MR) is 93.0 cm³/mol. The molecule has 2 rings (SSSR count). The van der Waals surface area contributed by atoms with Gasteiger partial charge < -0.3 is 20.5 Å². The maximum absolute atomic E-state index is 12.3. The highest BCUT2D eigenvalue weighted by Crippen LogP contribution is 2.28. The molecule has 7 heteroatoms. The minimum absolute atomic E-state index is 0.241. The average Bonchev–Trinajstić information content (AvgIpc) is 2.57. The Morgan fingerprint density at radius 1 is 1.17 bits per heavy atom. The Balaban J connectivity index is 2.05. The predicted octanol–water partition coefficient (Wildman–Crippen LogP) is 2.25. The van der Waals surface area contributed by atoms with Gasteiger partial charge in [0.05, 0.1) is 7.11 Å². The Labute approximate surface area is 148 Å². The minimum atomic E-state index is -0.590. The SMILES string of the molecule is COc1cc(C(=O)NCc2cccc(Br)c2)ccc1OCC(N)=O. The van der Waals surface area contributed by atoms with Crippen LogP contribution in [0.15, 0.2) is 46.9 Å². The summed E-state index contributed by atoms with van der Waals surface area (Å²) in [5.41, 5.74) is 6.45. The Kier molecular flexibility index (Phi) is 6.20. The summed E-state index contributed by atoms with van der Waals surface area (Å²) in [4.78, 5) is 23.0. The molecule has 0 fully saturated rings. The van der Waals surface area contributed by atoms with Crippen molar-refractivity contribution in [3.05, 3.63) is 58.1 Å². The molecule has 3 N–H and O–H groups in total. The molecule has 6 nitrogen and oxygen atoms in total. The number of amides is 2. The summed E-state index contributed by atoms with van der Waals surface area (Å²) in [6.07, 6.45) is 0. The van der Waals surface area contributed by atoms with Gasteiger partial charge in [-0.25, -0.2) is 0 Å². The van der Waals surface area contributed by atoms with Crippen molar-refractivity contribution < 1.29 is 19.1 Å². The lowest BCUT2D eigenvalue weighted by atomic mass is 10.1. The molecule has 0 aliphatic rings. The zero-order valence-corrected chi connectivity index (χ0v) is 14.6. The van der Waals surface area contributed by atoms with Gasteiger partial charge in [-0.1, -0.05) is 28.1 Å². The molecular weight excluding hydrogens is 376 g/mol. The van der Waals surface area contributed by atoms with Crippen molar-refractivity contribution >= 4 is 27.7 Å². The Morgan fingerprint density at radius 2 is 1.96 bits per heavy atom. The number of ether oxygens (including phenoxy) is 2. The third-order valence-electron chi connectivity index (χ3n) is 3.14. The van der Waals surface area contributed by atoms with Crippen molar-refractivity contribution in [3.8, 4) is 11.5 Å². The third kappa shape index (κ3) is 4.99. The van der Waals surface area contributed by atoms with Crippen LogP contribution in [-0.2, 0) is 11.3 Å². The summed E-state index contributed by atoms with van der Waals surface area (Å²) in [6.45, 7) is 0.144. The van der Waals surface area contributed by atoms with Crippen LogP contribution in [0.2, 0.25) is 0 Å². The molecule has 0 saturated carbocycles. The summed E-state index contributed by atoms with van der Waals surface area (Å²) in [5.74, 6) is -0.131. The lowest BCUT2D eigenvalue weighted by molar-refractivity contribution is -0.119. The second kappa shape index (κ2) is 8.35. The molecule has 126 valence electrons. The molecule has 0 bridgehead atoms. The van der Waals surface area contributed by atoms with Gasteiger partial charge in [0, 0.05) is 16.6 Å². The smallest absolute Gasteiger partial charge is 0.255 e. The second-order valence-electron chi connectivity index (χ2n) is 4.93. The fourth-order valence-corrected chi connectivity index (χ4v) is 2.45. The molecule has 24 heavy (non-hydrogen) atoms. The average molecular weight is 393 g/mol. The molecule has 2 aromatic carbocycles. The van der Waals surface area contributed by atoms with Gasteiger partial charge in [0.25, 0.3) is 11.8 Å². The number of halogens is 1. The fraction of sp³-hybridized carbons (Fsp3) is 0.176. The summed E-state index contributed by atoms with van der Waals surface area (Å²) in [5, 5.41) is 2.83. The lowest BCUT2D eigenvalue weighted by Gasteiger charge is -2.11. The van der Waals surface area contributed by atoms with Gasteiger partial charge in [0.15, 0.2) is 18.1 Å². The number of benzene rings is 2. The lowest BCUT2D eigenvalue weighted by Crippen LogP contribution is -2.23. The number of hydrogen-bond acceptors (Lipinski definition) is 4. The third-order valence-corrected chi connectivity index (χ3v) is 3.63. The fourth-order valence-electron chi connectivity index (χ4n) is 2.01. The Morgan fingerprint density at radius 3 is 2.62 bits per heavy atom. The van der Waals surface area contributed by atoms with Crippen LogP contribution in [0.25, 0.3) is 0 Å². The van der Waals surface area contributed by atoms with E-state index in [1.54, 1.807) is 18.2 Å². The van der Waals surface area contributed by atoms with E-state index < -0.39 is 5.91 Å². The van der Waals surface area contributed by atoms with E-state index in [1.807, 2.05) is 24.3 Å². The minimum Gasteiger partial charge on any atom is -0.493 e. The second-order valence-corrected chi connectivity index (χ2v) is 5.85. The van der Waals surface area contributed by atoms with E-state index in [4.69, 9.17) is 15.2 Å². The summed E-state index contributed by atoms with van der Waals surface area (Å²) in [7, 11) is 1.45. The number of hydrogen-bond donors (Lipinski definition) is 2. The quantitative estimate of drug-likeness (QED) is 0.755. The number of carbonyl (C=O) groups excluding carboxylic acids is 2. The first-order valence-corrected chi connectivity index (χ1v) is 7.90.